The molecule has 0 radical (unpaired) electrons. The van der Waals surface area contributed by atoms with E-state index in [0.29, 0.717) is 17.0 Å². The van der Waals surface area contributed by atoms with E-state index in [2.05, 4.69) is 25.9 Å². The average Bonchev–Trinajstić information content (AvgIpc) is 2.60. The standard InChI is InChI=1S/C21H23N5O2/c1-13-7-5-9-16(11-13)18(27)23-20-22-15(3)24-21(4,26-20)25-19(28)17-10-6-8-14(2)12-17/h5-12H,1-4H3,(H,25,28)(H2,22,23,24,26,27). The molecular weight excluding hydrogens is 354 g/mol. The summed E-state index contributed by atoms with van der Waals surface area (Å²) >= 11 is 0. The van der Waals surface area contributed by atoms with E-state index >= 15 is 0 Å². The van der Waals surface area contributed by atoms with E-state index in [9.17, 15) is 9.59 Å². The molecule has 0 saturated carbocycles. The fourth-order valence-electron chi connectivity index (χ4n) is 2.95. The number of amides is 2. The highest BCUT2D eigenvalue weighted by Gasteiger charge is 2.30. The predicted octanol–water partition coefficient (Wildman–Crippen LogP) is 2.51. The third-order valence-electron chi connectivity index (χ3n) is 4.16. The molecule has 0 aliphatic carbocycles. The summed E-state index contributed by atoms with van der Waals surface area (Å²) < 4.78 is 0. The van der Waals surface area contributed by atoms with Crippen molar-refractivity contribution < 1.29 is 9.59 Å². The van der Waals surface area contributed by atoms with Gasteiger partial charge in [0, 0.05) is 18.1 Å². The number of amidine groups is 1. The Hall–Kier alpha value is -3.48. The van der Waals surface area contributed by atoms with Gasteiger partial charge in [0.1, 0.15) is 5.84 Å². The number of carbonyl (C=O) groups is 2. The first-order chi connectivity index (χ1) is 13.2. The van der Waals surface area contributed by atoms with Gasteiger partial charge in [0.15, 0.2) is 0 Å². The number of nitrogens with zero attached hydrogens (tertiary/aromatic N) is 2. The van der Waals surface area contributed by atoms with Crippen LogP contribution in [0.3, 0.4) is 0 Å². The molecule has 7 heteroatoms. The lowest BCUT2D eigenvalue weighted by Gasteiger charge is -2.28. The lowest BCUT2D eigenvalue weighted by Crippen LogP contribution is -2.54. The summed E-state index contributed by atoms with van der Waals surface area (Å²) in [5, 5.41) is 8.48. The number of rotatable bonds is 3. The number of aliphatic imine (C=N–C) groups is 2. The molecule has 0 fully saturated rings. The SMILES string of the molecule is CC1=NC(C)(NC(=O)c2cccc(C)c2)N=C(NC(=O)c2cccc(C)c2)N1. The van der Waals surface area contributed by atoms with Gasteiger partial charge in [0.05, 0.1) is 0 Å². The minimum absolute atomic E-state index is 0.228. The molecule has 3 N–H and O–H groups in total. The Kier molecular flexibility index (Phi) is 5.26. The Morgan fingerprint density at radius 2 is 1.46 bits per heavy atom. The van der Waals surface area contributed by atoms with E-state index in [0.717, 1.165) is 11.1 Å². The largest absolute Gasteiger partial charge is 0.314 e. The first kappa shape index (κ1) is 19.3. The van der Waals surface area contributed by atoms with Gasteiger partial charge in [0.25, 0.3) is 11.8 Å². The molecule has 3 rings (SSSR count). The maximum Gasteiger partial charge on any atom is 0.257 e. The second kappa shape index (κ2) is 7.64. The minimum atomic E-state index is -1.23. The molecule has 1 atom stereocenters. The number of guanidine groups is 1. The Morgan fingerprint density at radius 3 is 2.04 bits per heavy atom. The van der Waals surface area contributed by atoms with Crippen molar-refractivity contribution in [1.29, 1.82) is 0 Å². The molecule has 1 unspecified atom stereocenters. The third kappa shape index (κ3) is 4.62. The zero-order valence-corrected chi connectivity index (χ0v) is 16.3. The molecule has 0 saturated heterocycles. The summed E-state index contributed by atoms with van der Waals surface area (Å²) in [4.78, 5) is 33.9. The molecule has 144 valence electrons. The van der Waals surface area contributed by atoms with E-state index in [-0.39, 0.29) is 17.8 Å². The highest BCUT2D eigenvalue weighted by molar-refractivity contribution is 6.11. The van der Waals surface area contributed by atoms with Crippen LogP contribution in [0.2, 0.25) is 0 Å². The number of benzene rings is 2. The Balaban J connectivity index is 1.78. The van der Waals surface area contributed by atoms with Crippen molar-refractivity contribution >= 4 is 23.6 Å². The van der Waals surface area contributed by atoms with Gasteiger partial charge in [-0.3, -0.25) is 14.9 Å². The van der Waals surface area contributed by atoms with Crippen molar-refractivity contribution in [3.63, 3.8) is 0 Å². The van der Waals surface area contributed by atoms with Crippen LogP contribution in [-0.4, -0.2) is 29.4 Å². The second-order valence-corrected chi connectivity index (χ2v) is 6.95. The monoisotopic (exact) mass is 377 g/mol. The van der Waals surface area contributed by atoms with Crippen LogP contribution in [0.15, 0.2) is 58.5 Å². The Bertz CT molecular complexity index is 996. The molecule has 0 bridgehead atoms. The number of carbonyl (C=O) groups excluding carboxylic acids is 2. The summed E-state index contributed by atoms with van der Waals surface area (Å²) in [6.45, 7) is 7.25. The summed E-state index contributed by atoms with van der Waals surface area (Å²) in [7, 11) is 0. The van der Waals surface area contributed by atoms with Crippen molar-refractivity contribution in [2.75, 3.05) is 0 Å². The summed E-state index contributed by atoms with van der Waals surface area (Å²) in [6, 6.07) is 14.5. The first-order valence-electron chi connectivity index (χ1n) is 8.95. The quantitative estimate of drug-likeness (QED) is 0.767. The Labute approximate surface area is 164 Å². The van der Waals surface area contributed by atoms with Gasteiger partial charge in [0.2, 0.25) is 11.7 Å². The first-order valence-corrected chi connectivity index (χ1v) is 8.95. The van der Waals surface area contributed by atoms with Crippen molar-refractivity contribution in [1.82, 2.24) is 16.0 Å². The van der Waals surface area contributed by atoms with Crippen LogP contribution >= 0.6 is 0 Å². The highest BCUT2D eigenvalue weighted by Crippen LogP contribution is 2.14. The topological polar surface area (TPSA) is 94.9 Å². The van der Waals surface area contributed by atoms with Gasteiger partial charge in [-0.1, -0.05) is 35.4 Å². The lowest BCUT2D eigenvalue weighted by atomic mass is 10.1. The van der Waals surface area contributed by atoms with E-state index in [1.165, 1.54) is 0 Å². The number of hydrogen-bond acceptors (Lipinski definition) is 5. The predicted molar refractivity (Wildman–Crippen MR) is 109 cm³/mol. The van der Waals surface area contributed by atoms with E-state index in [1.54, 1.807) is 38.1 Å². The smallest absolute Gasteiger partial charge is 0.257 e. The molecule has 0 spiro atoms. The molecule has 7 nitrogen and oxygen atoms in total. The molecule has 1 aliphatic heterocycles. The number of nitrogens with one attached hydrogen (secondary N) is 3. The van der Waals surface area contributed by atoms with Crippen molar-refractivity contribution in [3.05, 3.63) is 70.8 Å². The fraction of sp³-hybridized carbons (Fsp3) is 0.238. The van der Waals surface area contributed by atoms with Gasteiger partial charge >= 0.3 is 0 Å². The van der Waals surface area contributed by atoms with Crippen LogP contribution in [0.5, 0.6) is 0 Å². The van der Waals surface area contributed by atoms with Crippen LogP contribution in [0, 0.1) is 13.8 Å². The molecule has 2 aromatic carbocycles. The van der Waals surface area contributed by atoms with Crippen LogP contribution < -0.4 is 16.0 Å². The summed E-state index contributed by atoms with van der Waals surface area (Å²) in [5.74, 6) is -1.06. The van der Waals surface area contributed by atoms with Gasteiger partial charge in [-0.2, -0.15) is 0 Å². The number of aryl methyl sites for hydroxylation is 2. The average molecular weight is 377 g/mol. The zero-order valence-electron chi connectivity index (χ0n) is 16.3. The Morgan fingerprint density at radius 1 is 0.893 bits per heavy atom. The maximum absolute atomic E-state index is 12.6. The molecule has 2 amide bonds. The number of hydrogen-bond donors (Lipinski definition) is 3. The van der Waals surface area contributed by atoms with Crippen LogP contribution in [0.1, 0.15) is 45.7 Å². The molecule has 1 heterocycles. The molecule has 1 aliphatic rings. The summed E-state index contributed by atoms with van der Waals surface area (Å²) in [5.41, 5.74) is 3.01. The van der Waals surface area contributed by atoms with Crippen LogP contribution in [-0.2, 0) is 0 Å². The zero-order chi connectivity index (χ0) is 20.3. The van der Waals surface area contributed by atoms with Crippen LogP contribution in [0.25, 0.3) is 0 Å². The van der Waals surface area contributed by atoms with E-state index in [4.69, 9.17) is 0 Å². The molecule has 2 aromatic rings. The second-order valence-electron chi connectivity index (χ2n) is 6.95. The fourth-order valence-corrected chi connectivity index (χ4v) is 2.95. The lowest BCUT2D eigenvalue weighted by molar-refractivity contribution is 0.0912. The van der Waals surface area contributed by atoms with Gasteiger partial charge in [-0.25, -0.2) is 9.98 Å². The maximum atomic E-state index is 12.6. The highest BCUT2D eigenvalue weighted by atomic mass is 16.2. The van der Waals surface area contributed by atoms with E-state index in [1.807, 2.05) is 38.1 Å². The third-order valence-corrected chi connectivity index (χ3v) is 4.16. The van der Waals surface area contributed by atoms with Gasteiger partial charge in [-0.15, -0.1) is 0 Å². The van der Waals surface area contributed by atoms with Crippen molar-refractivity contribution in [2.24, 2.45) is 9.98 Å². The van der Waals surface area contributed by atoms with Crippen molar-refractivity contribution in [2.45, 2.75) is 33.5 Å². The van der Waals surface area contributed by atoms with E-state index < -0.39 is 5.79 Å². The normalized spacial score (nSPS) is 18.4. The molecule has 0 aromatic heterocycles. The molecular formula is C21H23N5O2. The van der Waals surface area contributed by atoms with Crippen molar-refractivity contribution in [3.8, 4) is 0 Å². The van der Waals surface area contributed by atoms with Gasteiger partial charge in [-0.05, 0) is 45.0 Å². The van der Waals surface area contributed by atoms with Crippen LogP contribution in [0.4, 0.5) is 0 Å². The summed E-state index contributed by atoms with van der Waals surface area (Å²) in [6.07, 6.45) is 0. The minimum Gasteiger partial charge on any atom is -0.314 e. The van der Waals surface area contributed by atoms with Gasteiger partial charge < -0.3 is 10.6 Å². The molecule has 28 heavy (non-hydrogen) atoms.